The first-order chi connectivity index (χ1) is 11.7. The lowest BCUT2D eigenvalue weighted by Crippen LogP contribution is -1.86. The second-order valence-corrected chi connectivity index (χ2v) is 5.36. The number of hydrogen-bond donors (Lipinski definition) is 1. The first kappa shape index (κ1) is 14.3. The average Bonchev–Trinajstić information content (AvgIpc) is 3.23. The van der Waals surface area contributed by atoms with E-state index in [1.807, 2.05) is 19.1 Å². The lowest BCUT2D eigenvalue weighted by Gasteiger charge is -2.01. The van der Waals surface area contributed by atoms with E-state index in [1.165, 1.54) is 12.1 Å². The summed E-state index contributed by atoms with van der Waals surface area (Å²) in [6.45, 7) is 1.83. The van der Waals surface area contributed by atoms with Gasteiger partial charge >= 0.3 is 0 Å². The van der Waals surface area contributed by atoms with Crippen LogP contribution in [0.2, 0.25) is 0 Å². The smallest absolute Gasteiger partial charge is 0.143 e. The number of aryl methyl sites for hydroxylation is 1. The monoisotopic (exact) mass is 320 g/mol. The molecule has 0 atom stereocenters. The Bertz CT molecular complexity index is 974. The molecule has 3 heterocycles. The van der Waals surface area contributed by atoms with Crippen molar-refractivity contribution in [3.05, 3.63) is 66.6 Å². The first-order valence-corrected chi connectivity index (χ1v) is 7.40. The van der Waals surface area contributed by atoms with Crippen LogP contribution in [0, 0.1) is 12.7 Å². The van der Waals surface area contributed by atoms with Crippen LogP contribution in [-0.2, 0) is 0 Å². The Morgan fingerprint density at radius 3 is 2.62 bits per heavy atom. The molecule has 6 heteroatoms. The van der Waals surface area contributed by atoms with E-state index in [0.29, 0.717) is 17.3 Å². The first-order valence-electron chi connectivity index (χ1n) is 7.40. The lowest BCUT2D eigenvalue weighted by atomic mass is 10.0. The summed E-state index contributed by atoms with van der Waals surface area (Å²) in [5, 5.41) is 4.12. The molecule has 5 nitrogen and oxygen atoms in total. The fourth-order valence-electron chi connectivity index (χ4n) is 2.59. The largest absolute Gasteiger partial charge is 0.360 e. The Hall–Kier alpha value is -3.28. The molecule has 3 aromatic heterocycles. The SMILES string of the molecule is Cc1onc(-c2ccc(F)cc2)c1-c1cnc(-c2cccnc2)[nH]1. The van der Waals surface area contributed by atoms with E-state index in [0.717, 1.165) is 22.4 Å². The number of H-pyrrole nitrogens is 1. The van der Waals surface area contributed by atoms with Crippen LogP contribution in [0.1, 0.15) is 5.76 Å². The molecule has 0 fully saturated rings. The highest BCUT2D eigenvalue weighted by molar-refractivity contribution is 5.80. The molecule has 1 N–H and O–H groups in total. The predicted octanol–water partition coefficient (Wildman–Crippen LogP) is 4.24. The van der Waals surface area contributed by atoms with Gasteiger partial charge in [-0.15, -0.1) is 0 Å². The van der Waals surface area contributed by atoms with Crippen LogP contribution in [0.3, 0.4) is 0 Å². The molecular formula is C18H13FN4O. The van der Waals surface area contributed by atoms with Gasteiger partial charge in [0.1, 0.15) is 23.1 Å². The number of pyridine rings is 1. The van der Waals surface area contributed by atoms with Gasteiger partial charge in [-0.2, -0.15) is 0 Å². The molecular weight excluding hydrogens is 307 g/mol. The van der Waals surface area contributed by atoms with Gasteiger partial charge in [-0.3, -0.25) is 4.98 Å². The molecule has 4 aromatic rings. The van der Waals surface area contributed by atoms with Crippen LogP contribution in [0.4, 0.5) is 4.39 Å². The molecule has 0 amide bonds. The van der Waals surface area contributed by atoms with Crippen molar-refractivity contribution in [3.63, 3.8) is 0 Å². The Morgan fingerprint density at radius 2 is 1.88 bits per heavy atom. The van der Waals surface area contributed by atoms with Crippen molar-refractivity contribution in [2.24, 2.45) is 0 Å². The zero-order valence-corrected chi connectivity index (χ0v) is 12.8. The summed E-state index contributed by atoms with van der Waals surface area (Å²) in [6.07, 6.45) is 5.18. The van der Waals surface area contributed by atoms with Crippen LogP contribution in [0.5, 0.6) is 0 Å². The van der Waals surface area contributed by atoms with E-state index < -0.39 is 0 Å². The summed E-state index contributed by atoms with van der Waals surface area (Å²) in [5.41, 5.74) is 3.91. The van der Waals surface area contributed by atoms with Gasteiger partial charge in [0.15, 0.2) is 0 Å². The lowest BCUT2D eigenvalue weighted by molar-refractivity contribution is 0.400. The highest BCUT2D eigenvalue weighted by Crippen LogP contribution is 2.34. The van der Waals surface area contributed by atoms with Gasteiger partial charge in [0, 0.05) is 23.5 Å². The summed E-state index contributed by atoms with van der Waals surface area (Å²) in [4.78, 5) is 11.8. The van der Waals surface area contributed by atoms with E-state index in [-0.39, 0.29) is 5.82 Å². The molecule has 4 rings (SSSR count). The number of benzene rings is 1. The standard InChI is InChI=1S/C18H13FN4O/c1-11-16(17(23-24-11)12-4-6-14(19)7-5-12)15-10-21-18(22-15)13-3-2-8-20-9-13/h2-10H,1H3,(H,21,22). The molecule has 0 saturated carbocycles. The van der Waals surface area contributed by atoms with Gasteiger partial charge in [-0.05, 0) is 43.3 Å². The van der Waals surface area contributed by atoms with E-state index >= 15 is 0 Å². The molecule has 0 spiro atoms. The summed E-state index contributed by atoms with van der Waals surface area (Å²) in [7, 11) is 0. The molecule has 1 aromatic carbocycles. The molecule has 0 aliphatic heterocycles. The minimum Gasteiger partial charge on any atom is -0.360 e. The number of nitrogens with zero attached hydrogens (tertiary/aromatic N) is 3. The minimum atomic E-state index is -0.291. The number of hydrogen-bond acceptors (Lipinski definition) is 4. The summed E-state index contributed by atoms with van der Waals surface area (Å²) < 4.78 is 18.5. The van der Waals surface area contributed by atoms with Crippen molar-refractivity contribution in [1.29, 1.82) is 0 Å². The highest BCUT2D eigenvalue weighted by Gasteiger charge is 2.19. The topological polar surface area (TPSA) is 67.6 Å². The molecule has 0 unspecified atom stereocenters. The van der Waals surface area contributed by atoms with Gasteiger partial charge < -0.3 is 9.51 Å². The van der Waals surface area contributed by atoms with Crippen LogP contribution >= 0.6 is 0 Å². The third-order valence-corrected chi connectivity index (χ3v) is 3.76. The number of aromatic amines is 1. The Kier molecular flexibility index (Phi) is 3.42. The van der Waals surface area contributed by atoms with Crippen molar-refractivity contribution < 1.29 is 8.91 Å². The second-order valence-electron chi connectivity index (χ2n) is 5.36. The fraction of sp³-hybridized carbons (Fsp3) is 0.0556. The van der Waals surface area contributed by atoms with Crippen molar-refractivity contribution in [1.82, 2.24) is 20.1 Å². The van der Waals surface area contributed by atoms with Crippen LogP contribution in [0.25, 0.3) is 33.9 Å². The van der Waals surface area contributed by atoms with Crippen molar-refractivity contribution in [2.75, 3.05) is 0 Å². The molecule has 24 heavy (non-hydrogen) atoms. The molecule has 118 valence electrons. The number of rotatable bonds is 3. The van der Waals surface area contributed by atoms with E-state index in [9.17, 15) is 4.39 Å². The minimum absolute atomic E-state index is 0.291. The number of nitrogens with one attached hydrogen (secondary N) is 1. The highest BCUT2D eigenvalue weighted by atomic mass is 19.1. The summed E-state index contributed by atoms with van der Waals surface area (Å²) in [6, 6.07) is 9.93. The average molecular weight is 320 g/mol. The fourth-order valence-corrected chi connectivity index (χ4v) is 2.59. The Balaban J connectivity index is 1.79. The molecule has 0 radical (unpaired) electrons. The maximum Gasteiger partial charge on any atom is 0.143 e. The molecule has 0 saturated heterocycles. The number of halogens is 1. The quantitative estimate of drug-likeness (QED) is 0.613. The van der Waals surface area contributed by atoms with E-state index in [2.05, 4.69) is 20.1 Å². The van der Waals surface area contributed by atoms with Gasteiger partial charge in [0.05, 0.1) is 17.5 Å². The third kappa shape index (κ3) is 2.48. The van der Waals surface area contributed by atoms with Crippen molar-refractivity contribution in [3.8, 4) is 33.9 Å². The van der Waals surface area contributed by atoms with Gasteiger partial charge in [-0.1, -0.05) is 5.16 Å². The van der Waals surface area contributed by atoms with Crippen molar-refractivity contribution in [2.45, 2.75) is 6.92 Å². The van der Waals surface area contributed by atoms with Gasteiger partial charge in [0.2, 0.25) is 0 Å². The predicted molar refractivity (Wildman–Crippen MR) is 87.4 cm³/mol. The maximum atomic E-state index is 13.2. The maximum absolute atomic E-state index is 13.2. The van der Waals surface area contributed by atoms with Crippen LogP contribution < -0.4 is 0 Å². The van der Waals surface area contributed by atoms with E-state index in [4.69, 9.17) is 4.52 Å². The van der Waals surface area contributed by atoms with Crippen LogP contribution in [-0.4, -0.2) is 20.1 Å². The second kappa shape index (κ2) is 5.73. The van der Waals surface area contributed by atoms with Crippen LogP contribution in [0.15, 0.2) is 59.5 Å². The normalized spacial score (nSPS) is 10.9. The summed E-state index contributed by atoms with van der Waals surface area (Å²) in [5.74, 6) is 1.08. The van der Waals surface area contributed by atoms with E-state index in [1.54, 1.807) is 30.7 Å². The Labute approximate surface area is 137 Å². The number of aromatic nitrogens is 4. The van der Waals surface area contributed by atoms with Crippen molar-refractivity contribution >= 4 is 0 Å². The van der Waals surface area contributed by atoms with Gasteiger partial charge in [-0.25, -0.2) is 9.37 Å². The Morgan fingerprint density at radius 1 is 1.04 bits per heavy atom. The zero-order chi connectivity index (χ0) is 16.5. The molecule has 0 aliphatic rings. The number of imidazole rings is 1. The third-order valence-electron chi connectivity index (χ3n) is 3.76. The zero-order valence-electron chi connectivity index (χ0n) is 12.8. The molecule has 0 bridgehead atoms. The van der Waals surface area contributed by atoms with Gasteiger partial charge in [0.25, 0.3) is 0 Å². The molecule has 0 aliphatic carbocycles. The summed E-state index contributed by atoms with van der Waals surface area (Å²) >= 11 is 0.